The smallest absolute Gasteiger partial charge is 0.267 e. The van der Waals surface area contributed by atoms with Crippen LogP contribution < -0.4 is 5.56 Å². The molecule has 1 aromatic carbocycles. The molecule has 0 aliphatic rings. The molecule has 0 bridgehead atoms. The highest BCUT2D eigenvalue weighted by molar-refractivity contribution is 7.16. The van der Waals surface area contributed by atoms with E-state index in [0.29, 0.717) is 12.1 Å². The molecule has 0 atom stereocenters. The maximum atomic E-state index is 12.5. The molecule has 0 fully saturated rings. The monoisotopic (exact) mass is 276 g/mol. The van der Waals surface area contributed by atoms with Gasteiger partial charge in [0.1, 0.15) is 4.70 Å². The molecule has 18 heavy (non-hydrogen) atoms. The van der Waals surface area contributed by atoms with Crippen LogP contribution in [0.15, 0.2) is 22.4 Å². The molecule has 5 nitrogen and oxygen atoms in total. The second kappa shape index (κ2) is 4.02. The number of nitro benzene ring substituents is 1. The highest BCUT2D eigenvalue weighted by Crippen LogP contribution is 2.36. The Labute approximate surface area is 101 Å². The van der Waals surface area contributed by atoms with Crippen LogP contribution in [0.2, 0.25) is 0 Å². The fourth-order valence-electron chi connectivity index (χ4n) is 1.39. The molecular formula is C9H3F3N2O3S. The fourth-order valence-corrected chi connectivity index (χ4v) is 2.17. The van der Waals surface area contributed by atoms with Crippen LogP contribution in [0.1, 0.15) is 5.56 Å². The van der Waals surface area contributed by atoms with E-state index in [-0.39, 0.29) is 4.70 Å². The van der Waals surface area contributed by atoms with Crippen LogP contribution >= 0.6 is 11.3 Å². The molecular weight excluding hydrogens is 273 g/mol. The highest BCUT2D eigenvalue weighted by atomic mass is 32.1. The summed E-state index contributed by atoms with van der Waals surface area (Å²) in [4.78, 5) is 24.4. The first kappa shape index (κ1) is 12.4. The molecule has 2 rings (SSSR count). The molecule has 2 aromatic rings. The summed E-state index contributed by atoms with van der Waals surface area (Å²) in [7, 11) is 0. The van der Waals surface area contributed by atoms with E-state index in [4.69, 9.17) is 0 Å². The number of halogens is 3. The van der Waals surface area contributed by atoms with Gasteiger partial charge in [-0.25, -0.2) is 4.98 Å². The number of fused-ring (bicyclic) bond motifs is 1. The number of hydrogen-bond donors (Lipinski definition) is 0. The van der Waals surface area contributed by atoms with Crippen molar-refractivity contribution in [3.63, 3.8) is 0 Å². The van der Waals surface area contributed by atoms with Crippen LogP contribution in [0.3, 0.4) is 0 Å². The molecule has 0 amide bonds. The molecule has 1 aromatic heterocycles. The summed E-state index contributed by atoms with van der Waals surface area (Å²) in [5.74, 6) is 0. The lowest BCUT2D eigenvalue weighted by molar-refractivity contribution is -0.383. The predicted molar refractivity (Wildman–Crippen MR) is 57.5 cm³/mol. The Balaban J connectivity index is 2.93. The SMILES string of the molecule is O=c1ncsc2c([N+](=O)[O-])cc(C(F)(F)F)cc12. The van der Waals surface area contributed by atoms with Crippen LogP contribution in [0.25, 0.3) is 10.1 Å². The zero-order valence-electron chi connectivity index (χ0n) is 8.39. The molecule has 0 aliphatic carbocycles. The molecule has 0 saturated carbocycles. The van der Waals surface area contributed by atoms with Gasteiger partial charge in [-0.1, -0.05) is 0 Å². The third-order valence-electron chi connectivity index (χ3n) is 2.16. The van der Waals surface area contributed by atoms with Crippen molar-refractivity contribution in [2.24, 2.45) is 0 Å². The number of aromatic nitrogens is 1. The second-order valence-corrected chi connectivity index (χ2v) is 4.14. The number of hydrogen-bond acceptors (Lipinski definition) is 5. The lowest BCUT2D eigenvalue weighted by atomic mass is 10.1. The molecule has 9 heteroatoms. The van der Waals surface area contributed by atoms with Gasteiger partial charge in [-0.3, -0.25) is 14.9 Å². The minimum Gasteiger partial charge on any atom is -0.267 e. The van der Waals surface area contributed by atoms with E-state index in [1.807, 2.05) is 0 Å². The minimum atomic E-state index is -4.76. The Bertz CT molecular complexity index is 695. The van der Waals surface area contributed by atoms with E-state index in [9.17, 15) is 28.1 Å². The maximum Gasteiger partial charge on any atom is 0.416 e. The van der Waals surface area contributed by atoms with Crippen LogP contribution in [0, 0.1) is 10.1 Å². The van der Waals surface area contributed by atoms with Crippen molar-refractivity contribution in [1.29, 1.82) is 0 Å². The molecule has 0 spiro atoms. The zero-order chi connectivity index (χ0) is 13.5. The number of rotatable bonds is 1. The van der Waals surface area contributed by atoms with Gasteiger partial charge >= 0.3 is 6.18 Å². The normalized spacial score (nSPS) is 11.7. The largest absolute Gasteiger partial charge is 0.416 e. The Morgan fingerprint density at radius 3 is 2.56 bits per heavy atom. The molecule has 0 saturated heterocycles. The molecule has 0 unspecified atom stereocenters. The number of nitrogens with zero attached hydrogens (tertiary/aromatic N) is 2. The van der Waals surface area contributed by atoms with Crippen LogP contribution in [-0.2, 0) is 6.18 Å². The zero-order valence-corrected chi connectivity index (χ0v) is 9.21. The van der Waals surface area contributed by atoms with Gasteiger partial charge in [-0.2, -0.15) is 13.2 Å². The fraction of sp³-hybridized carbons (Fsp3) is 0.111. The van der Waals surface area contributed by atoms with E-state index in [0.717, 1.165) is 16.8 Å². The van der Waals surface area contributed by atoms with E-state index < -0.39 is 33.3 Å². The van der Waals surface area contributed by atoms with E-state index in [1.54, 1.807) is 0 Å². The summed E-state index contributed by atoms with van der Waals surface area (Å²) in [6.07, 6.45) is -4.76. The number of alkyl halides is 3. The summed E-state index contributed by atoms with van der Waals surface area (Å²) in [5.41, 5.74) is -1.84. The van der Waals surface area contributed by atoms with Crippen molar-refractivity contribution in [3.8, 4) is 0 Å². The molecule has 1 heterocycles. The van der Waals surface area contributed by atoms with Crippen molar-refractivity contribution in [3.05, 3.63) is 43.7 Å². The predicted octanol–water partition coefficient (Wildman–Crippen LogP) is 2.58. The Morgan fingerprint density at radius 1 is 1.33 bits per heavy atom. The van der Waals surface area contributed by atoms with Crippen molar-refractivity contribution in [1.82, 2.24) is 4.98 Å². The molecule has 0 radical (unpaired) electrons. The number of benzene rings is 1. The molecule has 0 N–H and O–H groups in total. The molecule has 0 aliphatic heterocycles. The van der Waals surface area contributed by atoms with E-state index in [1.165, 1.54) is 0 Å². The van der Waals surface area contributed by atoms with Gasteiger partial charge in [0.15, 0.2) is 0 Å². The van der Waals surface area contributed by atoms with Gasteiger partial charge in [0.25, 0.3) is 11.2 Å². The van der Waals surface area contributed by atoms with Gasteiger partial charge < -0.3 is 0 Å². The van der Waals surface area contributed by atoms with Gasteiger partial charge in [0.05, 0.1) is 21.4 Å². The first-order valence-corrected chi connectivity index (χ1v) is 5.32. The topological polar surface area (TPSA) is 73.1 Å². The van der Waals surface area contributed by atoms with Gasteiger partial charge in [-0.05, 0) is 6.07 Å². The van der Waals surface area contributed by atoms with E-state index in [2.05, 4.69) is 4.98 Å². The van der Waals surface area contributed by atoms with E-state index >= 15 is 0 Å². The molecule has 94 valence electrons. The van der Waals surface area contributed by atoms with Crippen molar-refractivity contribution in [2.45, 2.75) is 6.18 Å². The van der Waals surface area contributed by atoms with Gasteiger partial charge in [0, 0.05) is 6.07 Å². The maximum absolute atomic E-state index is 12.5. The first-order valence-electron chi connectivity index (χ1n) is 4.44. The summed E-state index contributed by atoms with van der Waals surface area (Å²) < 4.78 is 37.5. The average molecular weight is 276 g/mol. The third kappa shape index (κ3) is 2.04. The Hall–Kier alpha value is -2.03. The lowest BCUT2D eigenvalue weighted by Gasteiger charge is -2.07. The van der Waals surface area contributed by atoms with Gasteiger partial charge in [0.2, 0.25) is 0 Å². The Morgan fingerprint density at radius 2 is 2.00 bits per heavy atom. The number of non-ortho nitro benzene ring substituents is 1. The first-order chi connectivity index (χ1) is 8.30. The summed E-state index contributed by atoms with van der Waals surface area (Å²) in [5, 5.41) is 10.3. The number of nitro groups is 1. The van der Waals surface area contributed by atoms with Crippen LogP contribution in [0.4, 0.5) is 18.9 Å². The summed E-state index contributed by atoms with van der Waals surface area (Å²) >= 11 is 0.745. The van der Waals surface area contributed by atoms with Gasteiger partial charge in [-0.15, -0.1) is 11.3 Å². The quantitative estimate of drug-likeness (QED) is 0.592. The summed E-state index contributed by atoms with van der Waals surface area (Å²) in [6, 6.07) is 0.992. The highest BCUT2D eigenvalue weighted by Gasteiger charge is 2.33. The lowest BCUT2D eigenvalue weighted by Crippen LogP contribution is -2.10. The third-order valence-corrected chi connectivity index (χ3v) is 3.04. The van der Waals surface area contributed by atoms with Crippen LogP contribution in [0.5, 0.6) is 0 Å². The standard InChI is InChI=1S/C9H3F3N2O3S/c10-9(11,12)4-1-5-7(6(2-4)14(16)17)18-3-13-8(5)15/h1-3H. The van der Waals surface area contributed by atoms with Crippen molar-refractivity contribution >= 4 is 27.1 Å². The van der Waals surface area contributed by atoms with Crippen molar-refractivity contribution < 1.29 is 18.1 Å². The second-order valence-electron chi connectivity index (χ2n) is 3.28. The van der Waals surface area contributed by atoms with Crippen molar-refractivity contribution in [2.75, 3.05) is 0 Å². The Kier molecular flexibility index (Phi) is 2.77. The minimum absolute atomic E-state index is 0.118. The van der Waals surface area contributed by atoms with Crippen LogP contribution in [-0.4, -0.2) is 9.91 Å². The average Bonchev–Trinajstić information content (AvgIpc) is 2.27. The summed E-state index contributed by atoms with van der Waals surface area (Å²) in [6.45, 7) is 0.